The third-order valence-corrected chi connectivity index (χ3v) is 21.0. The maximum Gasteiger partial charge on any atom is 2.00 e. The molecule has 12 aliphatic rings. The molecule has 0 radical (unpaired) electrons. The van der Waals surface area contributed by atoms with Gasteiger partial charge < -0.3 is 10.6 Å². The molecule has 10 aliphatic carbocycles. The van der Waals surface area contributed by atoms with Crippen LogP contribution in [0, 0.1) is 41.9 Å². The number of rotatable bonds is 7. The van der Waals surface area contributed by atoms with Gasteiger partial charge in [-0.1, -0.05) is 25.6 Å². The Hall–Kier alpha value is -0.781. The van der Waals surface area contributed by atoms with E-state index in [0.717, 1.165) is 35.5 Å². The van der Waals surface area contributed by atoms with Gasteiger partial charge in [-0.3, -0.25) is 0 Å². The van der Waals surface area contributed by atoms with E-state index in [1.54, 1.807) is 88.2 Å². The molecule has 2 N–H and O–H groups in total. The molecule has 2 nitrogen and oxygen atoms in total. The minimum absolute atomic E-state index is 0. The normalized spacial score (nSPS) is 44.3. The third-order valence-electron chi connectivity index (χ3n) is 15.9. The van der Waals surface area contributed by atoms with Crippen LogP contribution in [-0.2, 0) is 17.1 Å². The van der Waals surface area contributed by atoms with E-state index in [1.165, 1.54) is 56.1 Å². The van der Waals surface area contributed by atoms with Crippen LogP contribution < -0.4 is 10.6 Å². The van der Waals surface area contributed by atoms with Crippen LogP contribution in [0.3, 0.4) is 0 Å². The van der Waals surface area contributed by atoms with Crippen molar-refractivity contribution in [3.8, 4) is 0 Å². The Bertz CT molecular complexity index is 1420. The summed E-state index contributed by atoms with van der Waals surface area (Å²) in [6.07, 6.45) is 42.7. The van der Waals surface area contributed by atoms with Crippen LogP contribution in [0.5, 0.6) is 0 Å². The molecule has 2 saturated heterocycles. The van der Waals surface area contributed by atoms with Crippen molar-refractivity contribution in [2.24, 2.45) is 35.5 Å². The van der Waals surface area contributed by atoms with E-state index in [2.05, 4.69) is 62.8 Å². The Balaban J connectivity index is 0.000000537. The summed E-state index contributed by atoms with van der Waals surface area (Å²) >= 11 is 0. The molecule has 0 aromatic heterocycles. The molecule has 8 saturated carbocycles. The Kier molecular flexibility index (Phi) is 10.1. The first-order valence-electron chi connectivity index (χ1n) is 21.0. The summed E-state index contributed by atoms with van der Waals surface area (Å²) in [4.78, 5) is 0. The second kappa shape index (κ2) is 14.4. The van der Waals surface area contributed by atoms with E-state index >= 15 is 0 Å². The van der Waals surface area contributed by atoms with Crippen LogP contribution in [0.2, 0.25) is 0 Å². The topological polar surface area (TPSA) is 24.1 Å². The van der Waals surface area contributed by atoms with Crippen molar-refractivity contribution in [2.45, 2.75) is 130 Å². The number of allylic oxidation sites excluding steroid dienone is 9. The van der Waals surface area contributed by atoms with Crippen molar-refractivity contribution in [3.63, 3.8) is 0 Å². The monoisotopic (exact) mass is 760 g/mol. The fourth-order valence-corrected chi connectivity index (χ4v) is 20.8. The summed E-state index contributed by atoms with van der Waals surface area (Å²) in [5.74, 6) is 6.34. The molecule has 1 aromatic carbocycles. The summed E-state index contributed by atoms with van der Waals surface area (Å²) in [6, 6.07) is 11.1. The zero-order valence-corrected chi connectivity index (χ0v) is 34.0. The van der Waals surface area contributed by atoms with Gasteiger partial charge in [-0.05, 0) is 179 Å². The molecule has 0 spiro atoms. The zero-order valence-electron chi connectivity index (χ0n) is 30.9. The molecule has 3 unspecified atom stereocenters. The largest absolute Gasteiger partial charge is 2.00 e. The van der Waals surface area contributed by atoms with Gasteiger partial charge >= 0.3 is 17.1 Å². The number of hydrogen-bond donors (Lipinski definition) is 2. The number of hydrogen-bond acceptors (Lipinski definition) is 2. The predicted molar refractivity (Wildman–Crippen MR) is 216 cm³/mol. The average Bonchev–Trinajstić information content (AvgIpc) is 3.95. The molecule has 10 fully saturated rings. The fourth-order valence-electron chi connectivity index (χ4n) is 14.8. The smallest absolute Gasteiger partial charge is 0.313 e. The summed E-state index contributed by atoms with van der Waals surface area (Å²) < 4.78 is 0. The second-order valence-electron chi connectivity index (χ2n) is 19.1. The van der Waals surface area contributed by atoms with Gasteiger partial charge in [0, 0.05) is 17.2 Å². The van der Waals surface area contributed by atoms with E-state index in [1.807, 2.05) is 30.3 Å². The van der Waals surface area contributed by atoms with Gasteiger partial charge in [-0.25, -0.2) is 12.1 Å². The summed E-state index contributed by atoms with van der Waals surface area (Å²) in [5, 5.41) is 9.55. The van der Waals surface area contributed by atoms with Crippen molar-refractivity contribution in [3.05, 3.63) is 95.5 Å². The Labute approximate surface area is 323 Å². The van der Waals surface area contributed by atoms with Gasteiger partial charge in [-0.15, -0.1) is 45.5 Å². The van der Waals surface area contributed by atoms with Crippen LogP contribution in [0.25, 0.3) is 0 Å². The van der Waals surface area contributed by atoms with Gasteiger partial charge in [0.25, 0.3) is 0 Å². The first-order chi connectivity index (χ1) is 24.5. The molecule has 13 rings (SSSR count). The van der Waals surface area contributed by atoms with E-state index < -0.39 is 0 Å². The molecule has 0 amide bonds. The van der Waals surface area contributed by atoms with E-state index in [9.17, 15) is 0 Å². The second-order valence-corrected chi connectivity index (χ2v) is 23.1. The third kappa shape index (κ3) is 6.47. The zero-order chi connectivity index (χ0) is 33.3. The van der Waals surface area contributed by atoms with Crippen LogP contribution >= 0.6 is 17.2 Å². The van der Waals surface area contributed by atoms with E-state index in [-0.39, 0.29) is 30.1 Å². The summed E-state index contributed by atoms with van der Waals surface area (Å²) in [5.41, 5.74) is 6.41. The Morgan fingerprint density at radius 1 is 0.725 bits per heavy atom. The molecule has 1 aromatic rings. The van der Waals surface area contributed by atoms with Gasteiger partial charge in [0.05, 0.1) is 0 Å². The van der Waals surface area contributed by atoms with Crippen LogP contribution in [0.15, 0.2) is 89.1 Å². The Morgan fingerprint density at radius 2 is 1.24 bits per heavy atom. The quantitative estimate of drug-likeness (QED) is 0.164. The molecule has 2 heterocycles. The molecular weight excluding hydrogens is 698 g/mol. The molecule has 8 bridgehead atoms. The molecular formula is C46H62FeN2P2. The molecule has 5 heteroatoms. The summed E-state index contributed by atoms with van der Waals surface area (Å²) in [7, 11) is 3.50. The van der Waals surface area contributed by atoms with Crippen molar-refractivity contribution >= 4 is 17.2 Å². The maximum absolute atomic E-state index is 4.06. The predicted octanol–water partition coefficient (Wildman–Crippen LogP) is 10.4. The fraction of sp³-hybridized carbons (Fsp3) is 0.652. The van der Waals surface area contributed by atoms with Crippen LogP contribution in [-0.4, -0.2) is 46.8 Å². The molecule has 3 atom stereocenters. The standard InChI is InChI=1S/C41H57N2P2.C5H5.Fe/c44-41(37-8-4-10-42-37,38-9-5-11-43-38)36-19-34(33-6-2-1-3-7-33)18-35(36)26-45(39-20-27-12-28(21-39)14-29(13-27)22-39)40-23-30-15-31(24-40)17-32(16-30)25-40;1-2-4-5-3-1;/h1-3,6-7,18-19,27-32,37-38,42-43H,4-5,8-17,20-26,44H2;1-5H;/q2*-1;+2. The van der Waals surface area contributed by atoms with Crippen molar-refractivity contribution in [1.82, 2.24) is 10.6 Å². The maximum atomic E-state index is 4.06. The number of nitrogens with one attached hydrogen (secondary N) is 2. The van der Waals surface area contributed by atoms with E-state index in [0.29, 0.717) is 22.4 Å². The first kappa shape index (κ1) is 35.9. The average molecular weight is 761 g/mol. The SMILES string of the molecule is PC(C1=CC(=C2C=CC=C[CH-]2)C=C1CP(C12CC3CC(CC(C3)C1)C2)C12CC3CC(CC(C3)C1)C2)(C1CCCN1)C1CCCN1.[Fe+2].c1cc[cH-]c1. The minimum atomic E-state index is -0.0785. The summed E-state index contributed by atoms with van der Waals surface area (Å²) in [6.45, 7) is 2.37. The van der Waals surface area contributed by atoms with Crippen molar-refractivity contribution in [1.29, 1.82) is 0 Å². The first-order valence-corrected chi connectivity index (χ1v) is 23.1. The van der Waals surface area contributed by atoms with Crippen molar-refractivity contribution in [2.75, 3.05) is 19.3 Å². The van der Waals surface area contributed by atoms with E-state index in [4.69, 9.17) is 0 Å². The Morgan fingerprint density at radius 3 is 1.63 bits per heavy atom. The van der Waals surface area contributed by atoms with Gasteiger partial charge in [0.1, 0.15) is 0 Å². The van der Waals surface area contributed by atoms with Gasteiger partial charge in [0.2, 0.25) is 0 Å². The van der Waals surface area contributed by atoms with Gasteiger partial charge in [0.15, 0.2) is 0 Å². The van der Waals surface area contributed by atoms with Crippen LogP contribution in [0.4, 0.5) is 0 Å². The molecule has 274 valence electrons. The molecule has 51 heavy (non-hydrogen) atoms. The van der Waals surface area contributed by atoms with Gasteiger partial charge in [-0.2, -0.15) is 18.2 Å². The molecule has 2 aliphatic heterocycles. The minimum Gasteiger partial charge on any atom is -0.313 e. The van der Waals surface area contributed by atoms with Crippen molar-refractivity contribution < 1.29 is 17.1 Å². The van der Waals surface area contributed by atoms with Crippen LogP contribution in [0.1, 0.15) is 103 Å².